The van der Waals surface area contributed by atoms with Crippen LogP contribution in [0, 0.1) is 0 Å². The lowest BCUT2D eigenvalue weighted by Crippen LogP contribution is -2.53. The number of fused-ring (bicyclic) bond motifs is 2. The fraction of sp³-hybridized carbons (Fsp3) is 0.400. The number of ether oxygens (including phenoxy) is 2. The molecule has 1 unspecified atom stereocenters. The summed E-state index contributed by atoms with van der Waals surface area (Å²) in [5.41, 5.74) is 2.81. The van der Waals surface area contributed by atoms with E-state index in [-0.39, 0.29) is 11.9 Å². The van der Waals surface area contributed by atoms with Crippen LogP contribution < -0.4 is 9.47 Å². The molecule has 0 N–H and O–H groups in total. The van der Waals surface area contributed by atoms with Crippen LogP contribution >= 0.6 is 11.8 Å². The summed E-state index contributed by atoms with van der Waals surface area (Å²) < 4.78 is 10.9. The molecule has 0 aromatic heterocycles. The van der Waals surface area contributed by atoms with Crippen LogP contribution in [0.25, 0.3) is 0 Å². The summed E-state index contributed by atoms with van der Waals surface area (Å²) in [7, 11) is 3.19. The van der Waals surface area contributed by atoms with Crippen LogP contribution in [0.2, 0.25) is 0 Å². The van der Waals surface area contributed by atoms with Gasteiger partial charge in [0.05, 0.1) is 31.4 Å². The Morgan fingerprint density at radius 3 is 2.27 bits per heavy atom. The van der Waals surface area contributed by atoms with Gasteiger partial charge < -0.3 is 14.4 Å². The summed E-state index contributed by atoms with van der Waals surface area (Å²) in [5.74, 6) is 0.932. The quantitative estimate of drug-likeness (QED) is 0.579. The van der Waals surface area contributed by atoms with Gasteiger partial charge in [-0.3, -0.25) is 19.3 Å². The molecule has 2 heterocycles. The van der Waals surface area contributed by atoms with E-state index in [0.29, 0.717) is 47.8 Å². The molecule has 2 aliphatic heterocycles. The standard InChI is InChI=1S/C25H28N2O5S/c1-15-19-14-22(32-3)21(31-2)13-16(19)9-11-26(15)25(30)20(10-12-33-4)27-23(28)17-7-5-6-8-18(17)24(27)29/h5-8,13-15,20H,9-12H2,1-4H3/t15?,20-/m0/s1. The Hall–Kier alpha value is -3.00. The monoisotopic (exact) mass is 468 g/mol. The maximum atomic E-state index is 13.8. The number of rotatable bonds is 7. The highest BCUT2D eigenvalue weighted by atomic mass is 32.2. The fourth-order valence-electron chi connectivity index (χ4n) is 4.72. The normalized spacial score (nSPS) is 18.1. The van der Waals surface area contributed by atoms with Crippen molar-refractivity contribution in [1.82, 2.24) is 9.80 Å². The summed E-state index contributed by atoms with van der Waals surface area (Å²) in [5, 5.41) is 0. The first kappa shape index (κ1) is 23.2. The van der Waals surface area contributed by atoms with Gasteiger partial charge in [0, 0.05) is 6.54 Å². The average Bonchev–Trinajstić information content (AvgIpc) is 3.09. The van der Waals surface area contributed by atoms with E-state index >= 15 is 0 Å². The van der Waals surface area contributed by atoms with E-state index in [1.165, 1.54) is 4.90 Å². The van der Waals surface area contributed by atoms with Crippen LogP contribution in [-0.4, -0.2) is 66.3 Å². The van der Waals surface area contributed by atoms with Crippen molar-refractivity contribution >= 4 is 29.5 Å². The highest BCUT2D eigenvalue weighted by Crippen LogP contribution is 2.39. The molecule has 174 valence electrons. The molecule has 0 fully saturated rings. The summed E-state index contributed by atoms with van der Waals surface area (Å²) in [4.78, 5) is 43.1. The highest BCUT2D eigenvalue weighted by Gasteiger charge is 2.44. The number of hydrogen-bond acceptors (Lipinski definition) is 6. The number of imide groups is 1. The highest BCUT2D eigenvalue weighted by molar-refractivity contribution is 7.98. The molecule has 7 nitrogen and oxygen atoms in total. The number of thioether (sulfide) groups is 1. The van der Waals surface area contributed by atoms with Crippen molar-refractivity contribution in [2.45, 2.75) is 31.8 Å². The molecule has 8 heteroatoms. The van der Waals surface area contributed by atoms with Crippen molar-refractivity contribution in [3.8, 4) is 11.5 Å². The minimum absolute atomic E-state index is 0.202. The minimum Gasteiger partial charge on any atom is -0.493 e. The molecule has 0 saturated carbocycles. The van der Waals surface area contributed by atoms with E-state index in [2.05, 4.69) is 0 Å². The van der Waals surface area contributed by atoms with Gasteiger partial charge in [0.15, 0.2) is 11.5 Å². The number of benzene rings is 2. The Bertz CT molecular complexity index is 1070. The van der Waals surface area contributed by atoms with Crippen LogP contribution in [0.5, 0.6) is 11.5 Å². The Kier molecular flexibility index (Phi) is 6.65. The van der Waals surface area contributed by atoms with E-state index < -0.39 is 17.9 Å². The number of carbonyl (C=O) groups excluding carboxylic acids is 3. The SMILES string of the molecule is COc1cc2c(cc1OC)C(C)N(C(=O)[C@H](CCSC)N1C(=O)c3ccccc3C1=O)CC2. The zero-order valence-corrected chi connectivity index (χ0v) is 20.1. The molecule has 33 heavy (non-hydrogen) atoms. The molecule has 2 atom stereocenters. The second-order valence-corrected chi connectivity index (χ2v) is 9.17. The van der Waals surface area contributed by atoms with Gasteiger partial charge in [-0.1, -0.05) is 12.1 Å². The molecule has 0 spiro atoms. The van der Waals surface area contributed by atoms with E-state index in [9.17, 15) is 14.4 Å². The van der Waals surface area contributed by atoms with Gasteiger partial charge in [-0.05, 0) is 67.2 Å². The summed E-state index contributed by atoms with van der Waals surface area (Å²) in [6.07, 6.45) is 3.01. The molecule has 4 rings (SSSR count). The summed E-state index contributed by atoms with van der Waals surface area (Å²) >= 11 is 1.59. The smallest absolute Gasteiger partial charge is 0.262 e. The fourth-order valence-corrected chi connectivity index (χ4v) is 5.18. The topological polar surface area (TPSA) is 76.2 Å². The Balaban J connectivity index is 1.66. The predicted molar refractivity (Wildman–Crippen MR) is 127 cm³/mol. The molecule has 2 aliphatic rings. The molecule has 3 amide bonds. The summed E-state index contributed by atoms with van der Waals surface area (Å²) in [6.45, 7) is 2.47. The van der Waals surface area contributed by atoms with Gasteiger partial charge in [0.25, 0.3) is 11.8 Å². The largest absolute Gasteiger partial charge is 0.493 e. The van der Waals surface area contributed by atoms with Crippen LogP contribution in [-0.2, 0) is 11.2 Å². The third kappa shape index (κ3) is 3.97. The zero-order valence-electron chi connectivity index (χ0n) is 19.3. The molecule has 2 aromatic carbocycles. The molecular formula is C25H28N2O5S. The second kappa shape index (κ2) is 9.47. The third-order valence-electron chi connectivity index (χ3n) is 6.49. The maximum Gasteiger partial charge on any atom is 0.262 e. The van der Waals surface area contributed by atoms with Crippen molar-refractivity contribution < 1.29 is 23.9 Å². The van der Waals surface area contributed by atoms with E-state index in [1.54, 1.807) is 55.1 Å². The molecule has 0 saturated heterocycles. The van der Waals surface area contributed by atoms with E-state index in [1.807, 2.05) is 25.3 Å². The Morgan fingerprint density at radius 1 is 1.09 bits per heavy atom. The van der Waals surface area contributed by atoms with Crippen molar-refractivity contribution in [3.63, 3.8) is 0 Å². The van der Waals surface area contributed by atoms with Crippen LogP contribution in [0.15, 0.2) is 36.4 Å². The third-order valence-corrected chi connectivity index (χ3v) is 7.13. The number of amides is 3. The van der Waals surface area contributed by atoms with Gasteiger partial charge in [-0.15, -0.1) is 0 Å². The van der Waals surface area contributed by atoms with Crippen molar-refractivity contribution in [3.05, 3.63) is 58.7 Å². The minimum atomic E-state index is -0.839. The van der Waals surface area contributed by atoms with Gasteiger partial charge in [-0.25, -0.2) is 0 Å². The molecule has 0 bridgehead atoms. The lowest BCUT2D eigenvalue weighted by atomic mass is 9.92. The van der Waals surface area contributed by atoms with E-state index in [4.69, 9.17) is 9.47 Å². The van der Waals surface area contributed by atoms with Crippen molar-refractivity contribution in [1.29, 1.82) is 0 Å². The lowest BCUT2D eigenvalue weighted by Gasteiger charge is -2.39. The van der Waals surface area contributed by atoms with Crippen molar-refractivity contribution in [2.75, 3.05) is 32.8 Å². The molecule has 0 aliphatic carbocycles. The van der Waals surface area contributed by atoms with Gasteiger partial charge in [-0.2, -0.15) is 11.8 Å². The second-order valence-electron chi connectivity index (χ2n) is 8.19. The van der Waals surface area contributed by atoms with Crippen LogP contribution in [0.3, 0.4) is 0 Å². The van der Waals surface area contributed by atoms with Crippen LogP contribution in [0.1, 0.15) is 51.2 Å². The number of carbonyl (C=O) groups is 3. The van der Waals surface area contributed by atoms with Crippen LogP contribution in [0.4, 0.5) is 0 Å². The first-order valence-electron chi connectivity index (χ1n) is 10.9. The zero-order chi connectivity index (χ0) is 23.7. The number of nitrogens with zero attached hydrogens (tertiary/aromatic N) is 2. The maximum absolute atomic E-state index is 13.8. The van der Waals surface area contributed by atoms with Crippen molar-refractivity contribution in [2.24, 2.45) is 0 Å². The Morgan fingerprint density at radius 2 is 1.70 bits per heavy atom. The summed E-state index contributed by atoms with van der Waals surface area (Å²) in [6, 6.07) is 9.56. The molecule has 0 radical (unpaired) electrons. The van der Waals surface area contributed by atoms with Gasteiger partial charge in [0.2, 0.25) is 5.91 Å². The number of hydrogen-bond donors (Lipinski definition) is 0. The average molecular weight is 469 g/mol. The van der Waals surface area contributed by atoms with Gasteiger partial charge in [0.1, 0.15) is 6.04 Å². The number of methoxy groups -OCH3 is 2. The molecular weight excluding hydrogens is 440 g/mol. The lowest BCUT2D eigenvalue weighted by molar-refractivity contribution is -0.138. The molecule has 2 aromatic rings. The Labute approximate surface area is 198 Å². The first-order valence-corrected chi connectivity index (χ1v) is 12.3. The van der Waals surface area contributed by atoms with Gasteiger partial charge >= 0.3 is 0 Å². The van der Waals surface area contributed by atoms with E-state index in [0.717, 1.165) is 11.1 Å². The predicted octanol–water partition coefficient (Wildman–Crippen LogP) is 3.57. The first-order chi connectivity index (χ1) is 15.9.